The quantitative estimate of drug-likeness (QED) is 0.806. The van der Waals surface area contributed by atoms with Crippen LogP contribution in [0.15, 0.2) is 12.1 Å². The summed E-state index contributed by atoms with van der Waals surface area (Å²) >= 11 is 6.02. The Balaban J connectivity index is 3.10. The summed E-state index contributed by atoms with van der Waals surface area (Å²) in [6.45, 7) is 9.28. The third-order valence-corrected chi connectivity index (χ3v) is 3.74. The van der Waals surface area contributed by atoms with Crippen molar-refractivity contribution in [3.8, 4) is 5.75 Å². The molecule has 0 amide bonds. The van der Waals surface area contributed by atoms with Crippen molar-refractivity contribution in [2.75, 3.05) is 6.54 Å². The molecule has 3 nitrogen and oxygen atoms in total. The number of phenols is 1. The maximum atomic E-state index is 11.5. The van der Waals surface area contributed by atoms with E-state index in [2.05, 4.69) is 25.7 Å². The molecule has 0 saturated heterocycles. The number of hydrogen-bond acceptors (Lipinski definition) is 3. The topological polar surface area (TPSA) is 40.5 Å². The standard InChI is InChI=1S/C15H22ClNO2/c1-5-10(3)17(6-2)9-12-7-13(16)8-14(11(4)18)15(12)19/h7-8,10,19H,5-6,9H2,1-4H3. The highest BCUT2D eigenvalue weighted by atomic mass is 35.5. The third kappa shape index (κ3) is 3.95. The van der Waals surface area contributed by atoms with Crippen molar-refractivity contribution < 1.29 is 9.90 Å². The first-order chi connectivity index (χ1) is 8.90. The summed E-state index contributed by atoms with van der Waals surface area (Å²) in [6, 6.07) is 3.67. The molecule has 1 aromatic carbocycles. The zero-order valence-electron chi connectivity index (χ0n) is 12.0. The molecule has 0 aromatic heterocycles. The summed E-state index contributed by atoms with van der Waals surface area (Å²) in [5, 5.41) is 10.7. The number of Topliss-reactive ketones (excluding diaryl/α,β-unsaturated/α-hetero) is 1. The lowest BCUT2D eigenvalue weighted by Crippen LogP contribution is -2.31. The number of carbonyl (C=O) groups excluding carboxylic acids is 1. The van der Waals surface area contributed by atoms with Crippen molar-refractivity contribution in [2.24, 2.45) is 0 Å². The number of aromatic hydroxyl groups is 1. The van der Waals surface area contributed by atoms with Gasteiger partial charge in [-0.1, -0.05) is 25.4 Å². The van der Waals surface area contributed by atoms with E-state index in [0.717, 1.165) is 13.0 Å². The van der Waals surface area contributed by atoms with Crippen LogP contribution in [0.2, 0.25) is 5.02 Å². The first-order valence-electron chi connectivity index (χ1n) is 6.67. The number of benzene rings is 1. The molecule has 4 heteroatoms. The van der Waals surface area contributed by atoms with Crippen LogP contribution in [0.3, 0.4) is 0 Å². The lowest BCUT2D eigenvalue weighted by molar-refractivity contribution is 0.101. The van der Waals surface area contributed by atoms with Crippen molar-refractivity contribution in [1.82, 2.24) is 4.90 Å². The van der Waals surface area contributed by atoms with Crippen LogP contribution in [-0.2, 0) is 6.54 Å². The average Bonchev–Trinajstić information content (AvgIpc) is 2.37. The van der Waals surface area contributed by atoms with E-state index < -0.39 is 0 Å². The molecule has 1 atom stereocenters. The van der Waals surface area contributed by atoms with E-state index in [9.17, 15) is 9.90 Å². The third-order valence-electron chi connectivity index (χ3n) is 3.53. The molecule has 106 valence electrons. The lowest BCUT2D eigenvalue weighted by Gasteiger charge is -2.27. The van der Waals surface area contributed by atoms with Gasteiger partial charge in [-0.15, -0.1) is 0 Å². The Hall–Kier alpha value is -1.06. The molecule has 0 aliphatic carbocycles. The minimum absolute atomic E-state index is 0.0543. The molecule has 1 unspecified atom stereocenters. The number of nitrogens with zero attached hydrogens (tertiary/aromatic N) is 1. The second kappa shape index (κ2) is 6.92. The van der Waals surface area contributed by atoms with Crippen LogP contribution >= 0.6 is 11.6 Å². The molecule has 0 aliphatic rings. The number of halogens is 1. The summed E-state index contributed by atoms with van der Waals surface area (Å²) in [6.07, 6.45) is 1.04. The predicted molar refractivity (Wildman–Crippen MR) is 79.0 cm³/mol. The van der Waals surface area contributed by atoms with Crippen LogP contribution < -0.4 is 0 Å². The monoisotopic (exact) mass is 283 g/mol. The molecule has 1 aromatic rings. The molecular weight excluding hydrogens is 262 g/mol. The highest BCUT2D eigenvalue weighted by Crippen LogP contribution is 2.29. The normalized spacial score (nSPS) is 12.7. The second-order valence-corrected chi connectivity index (χ2v) is 5.27. The van der Waals surface area contributed by atoms with Crippen LogP contribution in [0.4, 0.5) is 0 Å². The molecule has 0 spiro atoms. The lowest BCUT2D eigenvalue weighted by atomic mass is 10.0. The van der Waals surface area contributed by atoms with Crippen molar-refractivity contribution in [3.05, 3.63) is 28.3 Å². The second-order valence-electron chi connectivity index (χ2n) is 4.84. The van der Waals surface area contributed by atoms with Gasteiger partial charge in [0, 0.05) is 23.2 Å². The zero-order valence-corrected chi connectivity index (χ0v) is 12.8. The van der Waals surface area contributed by atoms with Crippen molar-refractivity contribution >= 4 is 17.4 Å². The van der Waals surface area contributed by atoms with Gasteiger partial charge < -0.3 is 5.11 Å². The van der Waals surface area contributed by atoms with Gasteiger partial charge >= 0.3 is 0 Å². The van der Waals surface area contributed by atoms with Crippen molar-refractivity contribution in [2.45, 2.75) is 46.7 Å². The fraction of sp³-hybridized carbons (Fsp3) is 0.533. The molecule has 0 fully saturated rings. The Bertz CT molecular complexity index is 460. The molecule has 0 saturated carbocycles. The Morgan fingerprint density at radius 1 is 1.42 bits per heavy atom. The summed E-state index contributed by atoms with van der Waals surface area (Å²) in [5.41, 5.74) is 1.00. The van der Waals surface area contributed by atoms with E-state index in [1.807, 2.05) is 0 Å². The fourth-order valence-electron chi connectivity index (χ4n) is 2.10. The van der Waals surface area contributed by atoms with Crippen LogP contribution in [-0.4, -0.2) is 28.4 Å². The van der Waals surface area contributed by atoms with Gasteiger partial charge in [0.05, 0.1) is 5.56 Å². The molecule has 1 rings (SSSR count). The molecule has 0 heterocycles. The molecular formula is C15H22ClNO2. The van der Waals surface area contributed by atoms with E-state index in [1.165, 1.54) is 13.0 Å². The first-order valence-corrected chi connectivity index (χ1v) is 7.04. The SMILES string of the molecule is CCC(C)N(CC)Cc1cc(Cl)cc(C(C)=O)c1O. The minimum atomic E-state index is -0.173. The summed E-state index contributed by atoms with van der Waals surface area (Å²) in [7, 11) is 0. The van der Waals surface area contributed by atoms with Gasteiger partial charge in [-0.05, 0) is 38.9 Å². The molecule has 19 heavy (non-hydrogen) atoms. The Kier molecular flexibility index (Phi) is 5.83. The van der Waals surface area contributed by atoms with Crippen LogP contribution in [0.5, 0.6) is 5.75 Å². The van der Waals surface area contributed by atoms with Gasteiger partial charge in [0.1, 0.15) is 5.75 Å². The average molecular weight is 284 g/mol. The van der Waals surface area contributed by atoms with E-state index in [4.69, 9.17) is 11.6 Å². The van der Waals surface area contributed by atoms with Crippen molar-refractivity contribution in [3.63, 3.8) is 0 Å². The van der Waals surface area contributed by atoms with Crippen molar-refractivity contribution in [1.29, 1.82) is 0 Å². The van der Waals surface area contributed by atoms with Gasteiger partial charge in [0.25, 0.3) is 0 Å². The summed E-state index contributed by atoms with van der Waals surface area (Å²) in [4.78, 5) is 13.7. The summed E-state index contributed by atoms with van der Waals surface area (Å²) in [5.74, 6) is -0.119. The summed E-state index contributed by atoms with van der Waals surface area (Å²) < 4.78 is 0. The van der Waals surface area contributed by atoms with Gasteiger partial charge in [0.15, 0.2) is 5.78 Å². The highest BCUT2D eigenvalue weighted by molar-refractivity contribution is 6.31. The number of hydrogen-bond donors (Lipinski definition) is 1. The number of phenolic OH excluding ortho intramolecular Hbond substituents is 1. The Morgan fingerprint density at radius 2 is 2.05 bits per heavy atom. The fourth-order valence-corrected chi connectivity index (χ4v) is 2.34. The number of rotatable bonds is 6. The highest BCUT2D eigenvalue weighted by Gasteiger charge is 2.17. The van der Waals surface area contributed by atoms with E-state index in [0.29, 0.717) is 28.7 Å². The zero-order chi connectivity index (χ0) is 14.6. The van der Waals surface area contributed by atoms with E-state index >= 15 is 0 Å². The van der Waals surface area contributed by atoms with Crippen LogP contribution in [0.1, 0.15) is 50.0 Å². The largest absolute Gasteiger partial charge is 0.507 e. The predicted octanol–water partition coefficient (Wildman–Crippen LogP) is 3.87. The van der Waals surface area contributed by atoms with Gasteiger partial charge in [-0.3, -0.25) is 9.69 Å². The molecule has 0 aliphatic heterocycles. The van der Waals surface area contributed by atoms with Crippen LogP contribution in [0.25, 0.3) is 0 Å². The molecule has 1 N–H and O–H groups in total. The van der Waals surface area contributed by atoms with E-state index in [1.54, 1.807) is 6.07 Å². The van der Waals surface area contributed by atoms with Gasteiger partial charge in [-0.2, -0.15) is 0 Å². The number of carbonyl (C=O) groups is 1. The van der Waals surface area contributed by atoms with E-state index in [-0.39, 0.29) is 11.5 Å². The first kappa shape index (κ1) is 16.0. The molecule has 0 radical (unpaired) electrons. The maximum Gasteiger partial charge on any atom is 0.163 e. The van der Waals surface area contributed by atoms with Gasteiger partial charge in [0.2, 0.25) is 0 Å². The Labute approximate surface area is 120 Å². The van der Waals surface area contributed by atoms with Crippen LogP contribution in [0, 0.1) is 0 Å². The number of ketones is 1. The Morgan fingerprint density at radius 3 is 2.53 bits per heavy atom. The smallest absolute Gasteiger partial charge is 0.163 e. The maximum absolute atomic E-state index is 11.5. The van der Waals surface area contributed by atoms with Gasteiger partial charge in [-0.25, -0.2) is 0 Å². The molecule has 0 bridgehead atoms. The minimum Gasteiger partial charge on any atom is -0.507 e.